The van der Waals surface area contributed by atoms with Gasteiger partial charge in [0.2, 0.25) is 11.1 Å². The van der Waals surface area contributed by atoms with E-state index in [1.807, 2.05) is 26.8 Å². The third kappa shape index (κ3) is 5.93. The van der Waals surface area contributed by atoms with Crippen LogP contribution in [-0.2, 0) is 11.4 Å². The lowest BCUT2D eigenvalue weighted by atomic mass is 10.0. The highest BCUT2D eigenvalue weighted by atomic mass is 32.2. The summed E-state index contributed by atoms with van der Waals surface area (Å²) in [6.45, 7) is 10.6. The number of hydrogen-bond acceptors (Lipinski definition) is 6. The Kier molecular flexibility index (Phi) is 7.86. The van der Waals surface area contributed by atoms with Gasteiger partial charge in [0.15, 0.2) is 5.82 Å². The zero-order valence-corrected chi connectivity index (χ0v) is 20.0. The minimum Gasteiger partial charge on any atom is -0.485 e. The topological polar surface area (TPSA) is 95.1 Å². The van der Waals surface area contributed by atoms with Gasteiger partial charge in [0.05, 0.1) is 5.25 Å². The Morgan fingerprint density at radius 1 is 1.26 bits per heavy atom. The van der Waals surface area contributed by atoms with Crippen LogP contribution < -0.4 is 15.9 Å². The molecule has 1 amide bonds. The maximum absolute atomic E-state index is 12.9. The Labute approximate surface area is 189 Å². The summed E-state index contributed by atoms with van der Waals surface area (Å²) in [5.41, 5.74) is 2.28. The molecule has 0 bridgehead atoms. The molecule has 1 aromatic heterocycles. The molecule has 1 atom stereocenters. The van der Waals surface area contributed by atoms with E-state index in [4.69, 9.17) is 10.6 Å². The molecule has 7 nitrogen and oxygen atoms in total. The van der Waals surface area contributed by atoms with E-state index >= 15 is 0 Å². The van der Waals surface area contributed by atoms with Crippen molar-refractivity contribution >= 4 is 17.7 Å². The van der Waals surface area contributed by atoms with Crippen LogP contribution in [0.4, 0.5) is 0 Å². The minimum absolute atomic E-state index is 0.0500. The van der Waals surface area contributed by atoms with Crippen molar-refractivity contribution in [2.75, 3.05) is 5.84 Å². The smallest absolute Gasteiger partial charge is 0.234 e. The lowest BCUT2D eigenvalue weighted by molar-refractivity contribution is -0.121. The van der Waals surface area contributed by atoms with Crippen molar-refractivity contribution < 1.29 is 9.53 Å². The normalized spacial score (nSPS) is 15.6. The molecule has 31 heavy (non-hydrogen) atoms. The molecule has 1 aliphatic carbocycles. The van der Waals surface area contributed by atoms with Crippen molar-refractivity contribution in [3.05, 3.63) is 35.2 Å². The number of nitrogens with one attached hydrogen (secondary N) is 1. The number of thioether (sulfide) groups is 1. The number of carbonyl (C=O) groups is 1. The van der Waals surface area contributed by atoms with Crippen LogP contribution in [0.3, 0.4) is 0 Å². The van der Waals surface area contributed by atoms with E-state index in [-0.39, 0.29) is 23.7 Å². The molecule has 2 aromatic rings. The molecule has 1 fully saturated rings. The highest BCUT2D eigenvalue weighted by Crippen LogP contribution is 2.30. The van der Waals surface area contributed by atoms with Crippen LogP contribution in [0.15, 0.2) is 23.4 Å². The number of aryl methyl sites for hydroxylation is 1. The van der Waals surface area contributed by atoms with Crippen molar-refractivity contribution in [2.45, 2.75) is 89.3 Å². The quantitative estimate of drug-likeness (QED) is 0.444. The maximum atomic E-state index is 12.9. The maximum Gasteiger partial charge on any atom is 0.234 e. The van der Waals surface area contributed by atoms with Crippen molar-refractivity contribution in [3.63, 3.8) is 0 Å². The monoisotopic (exact) mass is 445 g/mol. The standard InChI is InChI=1S/C23H35N5O2S/c1-14(2)18-11-10-16(5)12-19(18)30-13-20-26-27-23(28(20)24)31-21(15(3)4)22(29)25-17-8-6-7-9-17/h10-12,14-15,17,21H,6-9,13,24H2,1-5H3,(H,25,29). The van der Waals surface area contributed by atoms with Crippen LogP contribution in [0.2, 0.25) is 0 Å². The molecule has 1 aliphatic rings. The van der Waals surface area contributed by atoms with Crippen LogP contribution >= 0.6 is 11.8 Å². The van der Waals surface area contributed by atoms with Crippen molar-refractivity contribution in [1.82, 2.24) is 20.2 Å². The van der Waals surface area contributed by atoms with Gasteiger partial charge in [-0.3, -0.25) is 4.79 Å². The lowest BCUT2D eigenvalue weighted by Gasteiger charge is -2.21. The first kappa shape index (κ1) is 23.4. The molecule has 1 aromatic carbocycles. The molecule has 1 unspecified atom stereocenters. The fraction of sp³-hybridized carbons (Fsp3) is 0.609. The zero-order chi connectivity index (χ0) is 22.5. The minimum atomic E-state index is -0.273. The summed E-state index contributed by atoms with van der Waals surface area (Å²) in [4.78, 5) is 12.9. The van der Waals surface area contributed by atoms with Gasteiger partial charge in [0.25, 0.3) is 0 Å². The average Bonchev–Trinajstić information content (AvgIpc) is 3.34. The van der Waals surface area contributed by atoms with Crippen molar-refractivity contribution in [1.29, 1.82) is 0 Å². The molecule has 0 saturated heterocycles. The fourth-order valence-electron chi connectivity index (χ4n) is 3.83. The number of nitrogen functional groups attached to an aromatic ring is 1. The first-order chi connectivity index (χ1) is 14.8. The van der Waals surface area contributed by atoms with E-state index in [2.05, 4.69) is 41.5 Å². The Bertz CT molecular complexity index is 890. The Morgan fingerprint density at radius 2 is 1.97 bits per heavy atom. The summed E-state index contributed by atoms with van der Waals surface area (Å²) in [7, 11) is 0. The summed E-state index contributed by atoms with van der Waals surface area (Å²) in [6.07, 6.45) is 4.50. The summed E-state index contributed by atoms with van der Waals surface area (Å²) in [6, 6.07) is 6.51. The SMILES string of the molecule is Cc1ccc(C(C)C)c(OCc2nnc(SC(C(=O)NC3CCCC3)C(C)C)n2N)c1. The highest BCUT2D eigenvalue weighted by molar-refractivity contribution is 8.00. The number of nitrogens with two attached hydrogens (primary N) is 1. The Balaban J connectivity index is 1.67. The van der Waals surface area contributed by atoms with Crippen LogP contribution in [0.5, 0.6) is 5.75 Å². The van der Waals surface area contributed by atoms with Gasteiger partial charge in [-0.25, -0.2) is 4.68 Å². The first-order valence-corrected chi connectivity index (χ1v) is 12.0. The van der Waals surface area contributed by atoms with Gasteiger partial charge in [0.1, 0.15) is 12.4 Å². The van der Waals surface area contributed by atoms with Crippen LogP contribution in [0.25, 0.3) is 0 Å². The predicted octanol–water partition coefficient (Wildman–Crippen LogP) is 4.18. The molecule has 0 radical (unpaired) electrons. The van der Waals surface area contributed by atoms with Gasteiger partial charge in [0, 0.05) is 6.04 Å². The number of hydrogen-bond donors (Lipinski definition) is 2. The number of amides is 1. The molecule has 8 heteroatoms. The summed E-state index contributed by atoms with van der Waals surface area (Å²) in [5, 5.41) is 11.9. The first-order valence-electron chi connectivity index (χ1n) is 11.2. The van der Waals surface area contributed by atoms with E-state index in [1.54, 1.807) is 0 Å². The van der Waals surface area contributed by atoms with Crippen LogP contribution in [0.1, 0.15) is 76.2 Å². The second kappa shape index (κ2) is 10.4. The fourth-order valence-corrected chi connectivity index (χ4v) is 4.81. The van der Waals surface area contributed by atoms with E-state index in [9.17, 15) is 4.79 Å². The molecule has 1 heterocycles. The molecule has 1 saturated carbocycles. The van der Waals surface area contributed by atoms with E-state index in [0.29, 0.717) is 22.9 Å². The second-order valence-corrected chi connectivity index (χ2v) is 10.1. The Hall–Kier alpha value is -2.22. The summed E-state index contributed by atoms with van der Waals surface area (Å²) in [5.74, 6) is 8.17. The summed E-state index contributed by atoms with van der Waals surface area (Å²) < 4.78 is 7.49. The van der Waals surface area contributed by atoms with Gasteiger partial charge in [-0.05, 0) is 48.8 Å². The number of ether oxygens (including phenoxy) is 1. The second-order valence-electron chi connectivity index (χ2n) is 9.03. The largest absolute Gasteiger partial charge is 0.485 e. The van der Waals surface area contributed by atoms with Crippen molar-refractivity contribution in [3.8, 4) is 5.75 Å². The van der Waals surface area contributed by atoms with Gasteiger partial charge in [-0.15, -0.1) is 10.2 Å². The summed E-state index contributed by atoms with van der Waals surface area (Å²) >= 11 is 1.36. The van der Waals surface area contributed by atoms with E-state index < -0.39 is 0 Å². The number of nitrogens with zero attached hydrogens (tertiary/aromatic N) is 3. The van der Waals surface area contributed by atoms with Crippen LogP contribution in [-0.4, -0.2) is 32.1 Å². The molecular formula is C23H35N5O2S. The number of benzene rings is 1. The number of rotatable bonds is 9. The number of carbonyl (C=O) groups excluding carboxylic acids is 1. The molecule has 0 aliphatic heterocycles. The molecule has 170 valence electrons. The van der Waals surface area contributed by atoms with Gasteiger partial charge in [-0.2, -0.15) is 0 Å². The van der Waals surface area contributed by atoms with Crippen LogP contribution in [0, 0.1) is 12.8 Å². The van der Waals surface area contributed by atoms with Gasteiger partial charge >= 0.3 is 0 Å². The molecular weight excluding hydrogens is 410 g/mol. The molecule has 0 spiro atoms. The van der Waals surface area contributed by atoms with Gasteiger partial charge in [-0.1, -0.05) is 64.4 Å². The highest BCUT2D eigenvalue weighted by Gasteiger charge is 2.29. The molecule has 3 N–H and O–H groups in total. The predicted molar refractivity (Wildman–Crippen MR) is 125 cm³/mol. The van der Waals surface area contributed by atoms with E-state index in [1.165, 1.54) is 29.3 Å². The van der Waals surface area contributed by atoms with Crippen molar-refractivity contribution in [2.24, 2.45) is 5.92 Å². The Morgan fingerprint density at radius 3 is 2.61 bits per heavy atom. The molecule has 3 rings (SSSR count). The average molecular weight is 446 g/mol. The third-order valence-corrected chi connectivity index (χ3v) is 7.18. The zero-order valence-electron chi connectivity index (χ0n) is 19.2. The third-order valence-electron chi connectivity index (χ3n) is 5.68. The van der Waals surface area contributed by atoms with Gasteiger partial charge < -0.3 is 15.9 Å². The number of aromatic nitrogens is 3. The lowest BCUT2D eigenvalue weighted by Crippen LogP contribution is -2.41. The van der Waals surface area contributed by atoms with E-state index in [0.717, 1.165) is 29.7 Å².